The summed E-state index contributed by atoms with van der Waals surface area (Å²) >= 11 is 0. The van der Waals surface area contributed by atoms with E-state index in [-0.39, 0.29) is 19.1 Å². The summed E-state index contributed by atoms with van der Waals surface area (Å²) in [7, 11) is 0. The third-order valence-corrected chi connectivity index (χ3v) is 3.20. The lowest BCUT2D eigenvalue weighted by Crippen LogP contribution is -2.47. The highest BCUT2D eigenvalue weighted by Gasteiger charge is 2.28. The highest BCUT2D eigenvalue weighted by atomic mass is 16.6. The lowest BCUT2D eigenvalue weighted by Gasteiger charge is -2.25. The van der Waals surface area contributed by atoms with Crippen LogP contribution in [0.3, 0.4) is 0 Å². The van der Waals surface area contributed by atoms with E-state index in [0.717, 1.165) is 0 Å². The first kappa shape index (κ1) is 21.8. The molecular formula is C19H29NO6. The molecule has 1 aromatic carbocycles. The first-order chi connectivity index (χ1) is 12.1. The van der Waals surface area contributed by atoms with Crippen LogP contribution in [0.1, 0.15) is 34.6 Å². The van der Waals surface area contributed by atoms with Gasteiger partial charge in [0.15, 0.2) is 0 Å². The first-order valence-electron chi connectivity index (χ1n) is 8.60. The molecule has 0 aliphatic heterocycles. The van der Waals surface area contributed by atoms with Crippen LogP contribution in [0.4, 0.5) is 4.79 Å². The molecule has 0 radical (unpaired) electrons. The van der Waals surface area contributed by atoms with Crippen LogP contribution in [0.25, 0.3) is 0 Å². The molecular weight excluding hydrogens is 338 g/mol. The van der Waals surface area contributed by atoms with E-state index in [4.69, 9.17) is 14.2 Å². The van der Waals surface area contributed by atoms with Gasteiger partial charge in [-0.3, -0.25) is 0 Å². The number of esters is 1. The second kappa shape index (κ2) is 10.0. The van der Waals surface area contributed by atoms with Gasteiger partial charge >= 0.3 is 12.1 Å². The fourth-order valence-electron chi connectivity index (χ4n) is 1.96. The van der Waals surface area contributed by atoms with Gasteiger partial charge < -0.3 is 24.6 Å². The van der Waals surface area contributed by atoms with Gasteiger partial charge in [0.05, 0.1) is 0 Å². The molecule has 26 heavy (non-hydrogen) atoms. The van der Waals surface area contributed by atoms with Crippen LogP contribution in [0.5, 0.6) is 5.75 Å². The van der Waals surface area contributed by atoms with Gasteiger partial charge in [-0.05, 0) is 38.8 Å². The smallest absolute Gasteiger partial charge is 0.408 e. The van der Waals surface area contributed by atoms with E-state index in [1.165, 1.54) is 0 Å². The van der Waals surface area contributed by atoms with Gasteiger partial charge in [0.2, 0.25) is 0 Å². The number of para-hydroxylation sites is 1. The van der Waals surface area contributed by atoms with Crippen molar-refractivity contribution in [2.45, 2.75) is 52.4 Å². The lowest BCUT2D eigenvalue weighted by atomic mass is 10.1. The number of hydrogen-bond donors (Lipinski definition) is 2. The fraction of sp³-hybridized carbons (Fsp3) is 0.579. The summed E-state index contributed by atoms with van der Waals surface area (Å²) < 4.78 is 15.7. The van der Waals surface area contributed by atoms with Crippen molar-refractivity contribution in [3.8, 4) is 5.75 Å². The number of alkyl carbamates (subject to hydrolysis) is 1. The summed E-state index contributed by atoms with van der Waals surface area (Å²) in [6.45, 7) is 8.51. The Morgan fingerprint density at radius 2 is 1.73 bits per heavy atom. The summed E-state index contributed by atoms with van der Waals surface area (Å²) in [6.07, 6.45) is -1.67. The van der Waals surface area contributed by atoms with Crippen LogP contribution >= 0.6 is 0 Å². The summed E-state index contributed by atoms with van der Waals surface area (Å²) in [5.74, 6) is -0.220. The fourth-order valence-corrected chi connectivity index (χ4v) is 1.96. The van der Waals surface area contributed by atoms with Gasteiger partial charge in [0.25, 0.3) is 0 Å². The molecule has 0 aliphatic carbocycles. The summed E-state index contributed by atoms with van der Waals surface area (Å²) in [5.41, 5.74) is -0.666. The molecule has 0 aromatic heterocycles. The van der Waals surface area contributed by atoms with Crippen molar-refractivity contribution in [2.75, 3.05) is 13.2 Å². The molecule has 1 unspecified atom stereocenters. The van der Waals surface area contributed by atoms with E-state index in [2.05, 4.69) is 5.32 Å². The van der Waals surface area contributed by atoms with E-state index in [1.54, 1.807) is 46.8 Å². The average molecular weight is 367 g/mol. The van der Waals surface area contributed by atoms with Crippen molar-refractivity contribution in [2.24, 2.45) is 5.92 Å². The van der Waals surface area contributed by atoms with Crippen molar-refractivity contribution >= 4 is 12.1 Å². The highest BCUT2D eigenvalue weighted by Crippen LogP contribution is 2.11. The first-order valence-corrected chi connectivity index (χ1v) is 8.60. The second-order valence-corrected chi connectivity index (χ2v) is 7.28. The molecule has 0 aliphatic rings. The number of ether oxygens (including phenoxy) is 3. The van der Waals surface area contributed by atoms with Gasteiger partial charge in [-0.2, -0.15) is 0 Å². The number of hydrogen-bond acceptors (Lipinski definition) is 6. The van der Waals surface area contributed by atoms with Gasteiger partial charge in [0, 0.05) is 0 Å². The van der Waals surface area contributed by atoms with Gasteiger partial charge in [-0.15, -0.1) is 0 Å². The van der Waals surface area contributed by atoms with Crippen molar-refractivity contribution in [3.63, 3.8) is 0 Å². The Hall–Kier alpha value is -2.28. The minimum atomic E-state index is -0.978. The zero-order valence-corrected chi connectivity index (χ0v) is 16.0. The van der Waals surface area contributed by atoms with E-state index < -0.39 is 29.8 Å². The summed E-state index contributed by atoms with van der Waals surface area (Å²) in [4.78, 5) is 24.1. The Bertz CT molecular complexity index is 567. The normalized spacial score (nSPS) is 13.7. The average Bonchev–Trinajstić information content (AvgIpc) is 2.54. The molecule has 0 saturated heterocycles. The molecule has 7 nitrogen and oxygen atoms in total. The van der Waals surface area contributed by atoms with Crippen molar-refractivity contribution in [3.05, 3.63) is 30.3 Å². The number of rotatable bonds is 8. The largest absolute Gasteiger partial charge is 0.491 e. The Labute approximate surface area is 154 Å². The van der Waals surface area contributed by atoms with Crippen LogP contribution in [0.15, 0.2) is 30.3 Å². The lowest BCUT2D eigenvalue weighted by molar-refractivity contribution is -0.150. The molecule has 7 heteroatoms. The SMILES string of the molecule is CC(C)C(NC(=O)OC(C)(C)C)C(=O)OC[C@@H](O)COc1ccccc1. The molecule has 1 rings (SSSR count). The van der Waals surface area contributed by atoms with Crippen molar-refractivity contribution in [1.29, 1.82) is 0 Å². The Morgan fingerprint density at radius 3 is 2.27 bits per heavy atom. The van der Waals surface area contributed by atoms with Crippen LogP contribution in [0.2, 0.25) is 0 Å². The number of aliphatic hydroxyl groups excluding tert-OH is 1. The number of amides is 1. The van der Waals surface area contributed by atoms with Gasteiger partial charge in [-0.25, -0.2) is 9.59 Å². The second-order valence-electron chi connectivity index (χ2n) is 7.28. The standard InChI is InChI=1S/C19H29NO6/c1-13(2)16(20-18(23)26-19(3,4)5)17(22)25-12-14(21)11-24-15-9-7-6-8-10-15/h6-10,13-14,16,21H,11-12H2,1-5H3,(H,20,23)/t14-,16?/m0/s1. The zero-order valence-electron chi connectivity index (χ0n) is 16.0. The van der Waals surface area contributed by atoms with E-state index in [1.807, 2.05) is 18.2 Å². The number of carbonyl (C=O) groups is 2. The molecule has 0 bridgehead atoms. The Balaban J connectivity index is 2.45. The van der Waals surface area contributed by atoms with E-state index in [0.29, 0.717) is 5.75 Å². The number of carbonyl (C=O) groups excluding carboxylic acids is 2. The molecule has 2 atom stereocenters. The van der Waals surface area contributed by atoms with E-state index in [9.17, 15) is 14.7 Å². The summed E-state index contributed by atoms with van der Waals surface area (Å²) in [6, 6.07) is 8.15. The van der Waals surface area contributed by atoms with Crippen LogP contribution in [-0.4, -0.2) is 48.1 Å². The monoisotopic (exact) mass is 367 g/mol. The third-order valence-electron chi connectivity index (χ3n) is 3.20. The molecule has 1 aromatic rings. The topological polar surface area (TPSA) is 94.1 Å². The van der Waals surface area contributed by atoms with Crippen molar-refractivity contribution < 1.29 is 28.9 Å². The maximum Gasteiger partial charge on any atom is 0.408 e. The van der Waals surface area contributed by atoms with Gasteiger partial charge in [0.1, 0.15) is 36.7 Å². The van der Waals surface area contributed by atoms with Crippen LogP contribution in [0, 0.1) is 5.92 Å². The highest BCUT2D eigenvalue weighted by molar-refractivity contribution is 5.81. The molecule has 0 spiro atoms. The zero-order chi connectivity index (χ0) is 19.7. The predicted molar refractivity (Wildman–Crippen MR) is 96.9 cm³/mol. The predicted octanol–water partition coefficient (Wildman–Crippen LogP) is 2.52. The van der Waals surface area contributed by atoms with Crippen LogP contribution < -0.4 is 10.1 Å². The Morgan fingerprint density at radius 1 is 1.12 bits per heavy atom. The Kier molecular flexibility index (Phi) is 8.38. The quantitative estimate of drug-likeness (QED) is 0.686. The molecule has 1 amide bonds. The molecule has 0 saturated carbocycles. The van der Waals surface area contributed by atoms with Crippen LogP contribution in [-0.2, 0) is 14.3 Å². The minimum Gasteiger partial charge on any atom is -0.491 e. The van der Waals surface area contributed by atoms with E-state index >= 15 is 0 Å². The molecule has 146 valence electrons. The minimum absolute atomic E-state index is 0.0108. The number of aliphatic hydroxyl groups is 1. The van der Waals surface area contributed by atoms with Gasteiger partial charge in [-0.1, -0.05) is 32.0 Å². The molecule has 0 fully saturated rings. The summed E-state index contributed by atoms with van der Waals surface area (Å²) in [5, 5.41) is 12.4. The number of nitrogens with one attached hydrogen (secondary N) is 1. The molecule has 2 N–H and O–H groups in total. The maximum atomic E-state index is 12.2. The number of benzene rings is 1. The maximum absolute atomic E-state index is 12.2. The molecule has 0 heterocycles. The van der Waals surface area contributed by atoms with Crippen molar-refractivity contribution in [1.82, 2.24) is 5.32 Å². The third kappa shape index (κ3) is 8.71.